The fourth-order valence-corrected chi connectivity index (χ4v) is 10.4. The molecule has 282 valence electrons. The summed E-state index contributed by atoms with van der Waals surface area (Å²) < 4.78 is 7.63. The Morgan fingerprint density at radius 1 is 0.390 bits per heavy atom. The second-order valence-corrected chi connectivity index (χ2v) is 16.3. The number of thiophene rings is 1. The van der Waals surface area contributed by atoms with Crippen LogP contribution in [0.1, 0.15) is 31.5 Å². The van der Waals surface area contributed by atoms with E-state index in [1.807, 2.05) is 25.2 Å². The van der Waals surface area contributed by atoms with Crippen molar-refractivity contribution in [1.82, 2.24) is 9.13 Å². The molecule has 0 bridgehead atoms. The predicted octanol–water partition coefficient (Wildman–Crippen LogP) is 16.1. The molecule has 8 aromatic carbocycles. The fourth-order valence-electron chi connectivity index (χ4n) is 9.31. The third-order valence-electron chi connectivity index (χ3n) is 12.0. The molecule has 0 aliphatic heterocycles. The van der Waals surface area contributed by atoms with Gasteiger partial charge in [0.05, 0.1) is 16.6 Å². The molecule has 0 saturated carbocycles. The Labute approximate surface area is 348 Å². The smallest absolute Gasteiger partial charge is 0.0541 e. The third-order valence-corrected chi connectivity index (χ3v) is 13.1. The molecule has 11 aromatic rings. The van der Waals surface area contributed by atoms with Gasteiger partial charge in [-0.2, -0.15) is 0 Å². The zero-order valence-corrected chi connectivity index (χ0v) is 34.0. The van der Waals surface area contributed by atoms with Gasteiger partial charge < -0.3 is 9.13 Å². The van der Waals surface area contributed by atoms with Crippen molar-refractivity contribution >= 4 is 70.3 Å². The number of hydrogen-bond donors (Lipinski definition) is 0. The summed E-state index contributed by atoms with van der Waals surface area (Å²) in [7, 11) is 0. The Hall–Kier alpha value is -6.94. The van der Waals surface area contributed by atoms with E-state index in [2.05, 4.69) is 203 Å². The molecular weight excluding hydrogens is 733 g/mol. The molecule has 0 N–H and O–H groups in total. The minimum Gasteiger partial charge on any atom is -0.313 e. The van der Waals surface area contributed by atoms with Crippen LogP contribution < -0.4 is 0 Å². The average Bonchev–Trinajstić information content (AvgIpc) is 3.97. The molecule has 59 heavy (non-hydrogen) atoms. The first-order chi connectivity index (χ1) is 29.2. The van der Waals surface area contributed by atoms with Crippen molar-refractivity contribution in [2.24, 2.45) is 0 Å². The topological polar surface area (TPSA) is 9.86 Å². The van der Waals surface area contributed by atoms with Crippen LogP contribution in [-0.2, 0) is 6.42 Å². The number of hydrogen-bond acceptors (Lipinski definition) is 1. The van der Waals surface area contributed by atoms with Gasteiger partial charge in [-0.05, 0) is 119 Å². The van der Waals surface area contributed by atoms with E-state index in [0.29, 0.717) is 0 Å². The highest BCUT2D eigenvalue weighted by atomic mass is 32.1. The van der Waals surface area contributed by atoms with Crippen molar-refractivity contribution < 1.29 is 0 Å². The van der Waals surface area contributed by atoms with E-state index in [0.717, 1.165) is 12.8 Å². The van der Waals surface area contributed by atoms with Crippen LogP contribution in [0.3, 0.4) is 0 Å². The summed E-state index contributed by atoms with van der Waals surface area (Å²) in [6, 6.07) is 67.3. The Bertz CT molecular complexity index is 3340. The van der Waals surface area contributed by atoms with E-state index >= 15 is 0 Å². The second kappa shape index (κ2) is 14.5. The van der Waals surface area contributed by atoms with Crippen molar-refractivity contribution in [3.05, 3.63) is 199 Å². The molecule has 0 unspecified atom stereocenters. The highest BCUT2D eigenvalue weighted by Gasteiger charge is 2.21. The molecule has 12 rings (SSSR count). The Morgan fingerprint density at radius 2 is 0.983 bits per heavy atom. The SMILES string of the molecule is C1=Cc2c(n(-c3cc(-c4ccccc4)cc(-c4ccccc4)c3)c3ccc(-c4ccc5c(c4)c4ccccc4n5-c4ccc5sc6ccccc6c5c4)cc23)CC1.CC. The first-order valence-corrected chi connectivity index (χ1v) is 21.6. The van der Waals surface area contributed by atoms with Crippen molar-refractivity contribution in [2.45, 2.75) is 26.7 Å². The van der Waals surface area contributed by atoms with E-state index in [1.54, 1.807) is 0 Å². The lowest BCUT2D eigenvalue weighted by atomic mass is 9.97. The van der Waals surface area contributed by atoms with Gasteiger partial charge in [-0.15, -0.1) is 11.3 Å². The molecule has 1 aliphatic rings. The number of aromatic nitrogens is 2. The summed E-state index contributed by atoms with van der Waals surface area (Å²) in [5.41, 5.74) is 16.1. The highest BCUT2D eigenvalue weighted by molar-refractivity contribution is 7.25. The largest absolute Gasteiger partial charge is 0.313 e. The summed E-state index contributed by atoms with van der Waals surface area (Å²) in [4.78, 5) is 0. The Morgan fingerprint density at radius 3 is 1.71 bits per heavy atom. The number of benzene rings is 8. The quantitative estimate of drug-likeness (QED) is 0.165. The van der Waals surface area contributed by atoms with Crippen LogP contribution in [0.5, 0.6) is 0 Å². The number of fused-ring (bicyclic) bond motifs is 9. The number of rotatable bonds is 5. The monoisotopic (exact) mass is 774 g/mol. The second-order valence-electron chi connectivity index (χ2n) is 15.2. The molecule has 0 spiro atoms. The predicted molar refractivity (Wildman–Crippen MR) is 256 cm³/mol. The first-order valence-electron chi connectivity index (χ1n) is 20.8. The van der Waals surface area contributed by atoms with Gasteiger partial charge in [-0.1, -0.05) is 135 Å². The van der Waals surface area contributed by atoms with Gasteiger partial charge in [0.25, 0.3) is 0 Å². The van der Waals surface area contributed by atoms with Gasteiger partial charge in [0.2, 0.25) is 0 Å². The molecular formula is C56H42N2S. The van der Waals surface area contributed by atoms with Crippen molar-refractivity contribution in [3.8, 4) is 44.8 Å². The average molecular weight is 775 g/mol. The standard InChI is InChI=1S/C54H36N2S.C2H6/c1-3-13-35(14-4-1)39-29-40(36-15-5-2-6-16-36)31-42(30-39)56-50-21-11-8-18-44(50)47-33-38(24-27-52(47)56)37-23-26-51-46(32-37)43-17-7-10-20-49(43)55(51)41-25-28-54-48(34-41)45-19-9-12-22-53(45)57-54;1-2/h1-10,12-20,22-34H,11,21H2;1-2H3. The minimum atomic E-state index is 1.00. The molecule has 0 saturated heterocycles. The molecule has 0 fully saturated rings. The van der Waals surface area contributed by atoms with Crippen LogP contribution in [0.2, 0.25) is 0 Å². The molecule has 0 amide bonds. The molecule has 1 aliphatic carbocycles. The van der Waals surface area contributed by atoms with E-state index < -0.39 is 0 Å². The highest BCUT2D eigenvalue weighted by Crippen LogP contribution is 2.42. The van der Waals surface area contributed by atoms with Gasteiger partial charge in [0, 0.05) is 59.0 Å². The number of allylic oxidation sites excluding steroid dienone is 1. The van der Waals surface area contributed by atoms with Crippen LogP contribution in [0.25, 0.3) is 104 Å². The molecule has 3 aromatic heterocycles. The van der Waals surface area contributed by atoms with Crippen LogP contribution in [0, 0.1) is 0 Å². The lowest BCUT2D eigenvalue weighted by molar-refractivity contribution is 0.889. The number of para-hydroxylation sites is 1. The van der Waals surface area contributed by atoms with Crippen molar-refractivity contribution in [1.29, 1.82) is 0 Å². The van der Waals surface area contributed by atoms with E-state index in [9.17, 15) is 0 Å². The molecule has 0 atom stereocenters. The van der Waals surface area contributed by atoms with E-state index in [1.165, 1.54) is 109 Å². The molecule has 3 heteroatoms. The van der Waals surface area contributed by atoms with Crippen molar-refractivity contribution in [2.75, 3.05) is 0 Å². The van der Waals surface area contributed by atoms with Crippen LogP contribution in [0.15, 0.2) is 188 Å². The zero-order chi connectivity index (χ0) is 39.5. The summed E-state index contributed by atoms with van der Waals surface area (Å²) in [5.74, 6) is 0. The molecule has 3 heterocycles. The van der Waals surface area contributed by atoms with E-state index in [4.69, 9.17) is 0 Å². The van der Waals surface area contributed by atoms with Gasteiger partial charge in [0.15, 0.2) is 0 Å². The van der Waals surface area contributed by atoms with Gasteiger partial charge in [-0.3, -0.25) is 0 Å². The number of nitrogens with zero attached hydrogens (tertiary/aromatic N) is 2. The van der Waals surface area contributed by atoms with Gasteiger partial charge in [-0.25, -0.2) is 0 Å². The van der Waals surface area contributed by atoms with Gasteiger partial charge >= 0.3 is 0 Å². The minimum absolute atomic E-state index is 1.00. The van der Waals surface area contributed by atoms with Gasteiger partial charge in [0.1, 0.15) is 0 Å². The maximum Gasteiger partial charge on any atom is 0.0541 e. The fraction of sp³-hybridized carbons (Fsp3) is 0.0714. The van der Waals surface area contributed by atoms with Crippen LogP contribution in [0.4, 0.5) is 0 Å². The Kier molecular flexibility index (Phi) is 8.64. The molecule has 2 nitrogen and oxygen atoms in total. The third kappa shape index (κ3) is 5.84. The maximum atomic E-state index is 2.53. The lowest BCUT2D eigenvalue weighted by Crippen LogP contribution is -2.03. The Balaban J connectivity index is 0.00000196. The normalized spacial score (nSPS) is 12.4. The molecule has 0 radical (unpaired) electrons. The lowest BCUT2D eigenvalue weighted by Gasteiger charge is -2.17. The summed E-state index contributed by atoms with van der Waals surface area (Å²) in [6.45, 7) is 4.00. The maximum absolute atomic E-state index is 2.53. The summed E-state index contributed by atoms with van der Waals surface area (Å²) in [5, 5.41) is 6.47. The van der Waals surface area contributed by atoms with Crippen molar-refractivity contribution in [3.63, 3.8) is 0 Å². The first kappa shape index (κ1) is 35.2. The van der Waals surface area contributed by atoms with E-state index in [-0.39, 0.29) is 0 Å². The summed E-state index contributed by atoms with van der Waals surface area (Å²) >= 11 is 1.87. The van der Waals surface area contributed by atoms with Crippen LogP contribution in [-0.4, -0.2) is 9.13 Å². The summed E-state index contributed by atoms with van der Waals surface area (Å²) in [6.07, 6.45) is 6.73. The van der Waals surface area contributed by atoms with Crippen LogP contribution >= 0.6 is 11.3 Å². The zero-order valence-electron chi connectivity index (χ0n) is 33.2.